The lowest BCUT2D eigenvalue weighted by Gasteiger charge is -2.40. The van der Waals surface area contributed by atoms with Gasteiger partial charge in [0, 0.05) is 27.9 Å². The smallest absolute Gasteiger partial charge is 0.0725 e. The lowest BCUT2D eigenvalue weighted by Crippen LogP contribution is -2.31. The van der Waals surface area contributed by atoms with Crippen molar-refractivity contribution in [3.63, 3.8) is 0 Å². The van der Waals surface area contributed by atoms with E-state index in [1.165, 1.54) is 75.5 Å². The molecule has 1 nitrogen and oxygen atoms in total. The monoisotopic (exact) mass is 473 g/mol. The van der Waals surface area contributed by atoms with Crippen molar-refractivity contribution < 1.29 is 0 Å². The molecule has 2 aliphatic carbocycles. The number of thiophene rings is 1. The van der Waals surface area contributed by atoms with E-state index in [4.69, 9.17) is 0 Å². The van der Waals surface area contributed by atoms with Crippen LogP contribution in [0.25, 0.3) is 53.2 Å². The summed E-state index contributed by atoms with van der Waals surface area (Å²) in [5.74, 6) is 0. The van der Waals surface area contributed by atoms with Gasteiger partial charge in [-0.25, -0.2) is 0 Å². The zero-order valence-corrected chi connectivity index (χ0v) is 20.1. The third kappa shape index (κ3) is 2.04. The predicted octanol–water partition coefficient (Wildman–Crippen LogP) is 8.95. The van der Waals surface area contributed by atoms with E-state index >= 15 is 0 Å². The molecular weight excluding hydrogens is 454 g/mol. The molecule has 2 aliphatic rings. The lowest BCUT2D eigenvalue weighted by molar-refractivity contribution is 0.773. The fraction of sp³-hybridized carbons (Fsp3) is 0.0294. The number of fused-ring (bicyclic) bond motifs is 13. The minimum Gasteiger partial charge on any atom is -0.263 e. The first-order valence-electron chi connectivity index (χ1n) is 12.4. The van der Waals surface area contributed by atoms with Crippen molar-refractivity contribution in [1.82, 2.24) is 4.98 Å². The molecule has 0 unspecified atom stereocenters. The van der Waals surface area contributed by atoms with Gasteiger partial charge in [-0.2, -0.15) is 0 Å². The first kappa shape index (κ1) is 19.0. The number of hydrogen-bond donors (Lipinski definition) is 0. The molecule has 1 spiro atoms. The fourth-order valence-corrected chi connectivity index (χ4v) is 8.26. The number of nitrogens with zero attached hydrogens (tertiary/aromatic N) is 1. The molecule has 0 aliphatic heterocycles. The SMILES string of the molecule is c1ccc2c(c1)-c1ccccc1C21c2ccccc2-c2cc3sc4cnccc4c3c3cccc1c23. The Morgan fingerprint density at radius 1 is 0.500 bits per heavy atom. The van der Waals surface area contributed by atoms with Crippen LogP contribution in [0.15, 0.2) is 116 Å². The van der Waals surface area contributed by atoms with Gasteiger partial charge in [-0.1, -0.05) is 91.0 Å². The number of pyridine rings is 1. The molecule has 2 aromatic heterocycles. The summed E-state index contributed by atoms with van der Waals surface area (Å²) < 4.78 is 2.57. The van der Waals surface area contributed by atoms with E-state index < -0.39 is 0 Å². The van der Waals surface area contributed by atoms with E-state index in [0.29, 0.717) is 0 Å². The van der Waals surface area contributed by atoms with Gasteiger partial charge >= 0.3 is 0 Å². The first-order valence-corrected chi connectivity index (χ1v) is 13.2. The second-order valence-corrected chi connectivity index (χ2v) is 11.0. The maximum Gasteiger partial charge on any atom is 0.0725 e. The molecule has 0 radical (unpaired) electrons. The Hall–Kier alpha value is -4.27. The van der Waals surface area contributed by atoms with Gasteiger partial charge in [0.2, 0.25) is 0 Å². The van der Waals surface area contributed by atoms with Crippen LogP contribution >= 0.6 is 11.3 Å². The van der Waals surface area contributed by atoms with Gasteiger partial charge in [-0.05, 0) is 67.4 Å². The molecule has 5 aromatic carbocycles. The Morgan fingerprint density at radius 2 is 1.11 bits per heavy atom. The van der Waals surface area contributed by atoms with Gasteiger partial charge in [0.1, 0.15) is 0 Å². The predicted molar refractivity (Wildman–Crippen MR) is 151 cm³/mol. The molecule has 36 heavy (non-hydrogen) atoms. The Labute approximate surface area is 212 Å². The van der Waals surface area contributed by atoms with Gasteiger partial charge in [0.15, 0.2) is 0 Å². The largest absolute Gasteiger partial charge is 0.263 e. The molecule has 0 bridgehead atoms. The standard InChI is InChI=1S/C34H19NS/c1-4-12-26-20(8-1)21-9-2-5-13-27(21)34(26)28-14-6-3-10-22(28)25-18-30-33(23-16-17-35-19-31(23)36-30)24-11-7-15-29(34)32(24)25/h1-19H. The molecule has 0 saturated carbocycles. The van der Waals surface area contributed by atoms with Gasteiger partial charge in [0.05, 0.1) is 10.1 Å². The van der Waals surface area contributed by atoms with Gasteiger partial charge in [-0.3, -0.25) is 4.98 Å². The highest BCUT2D eigenvalue weighted by Crippen LogP contribution is 2.62. The van der Waals surface area contributed by atoms with Crippen LogP contribution in [-0.4, -0.2) is 4.98 Å². The van der Waals surface area contributed by atoms with Crippen molar-refractivity contribution in [2.24, 2.45) is 0 Å². The Balaban J connectivity index is 1.58. The highest BCUT2D eigenvalue weighted by molar-refractivity contribution is 7.26. The lowest BCUT2D eigenvalue weighted by atomic mass is 9.61. The van der Waals surface area contributed by atoms with E-state index in [9.17, 15) is 0 Å². The molecule has 0 atom stereocenters. The third-order valence-electron chi connectivity index (χ3n) is 8.38. The molecule has 0 saturated heterocycles. The molecule has 7 aromatic rings. The van der Waals surface area contributed by atoms with E-state index in [2.05, 4.69) is 108 Å². The molecule has 2 heterocycles. The second-order valence-electron chi connectivity index (χ2n) is 9.89. The highest BCUT2D eigenvalue weighted by Gasteiger charge is 2.49. The van der Waals surface area contributed by atoms with Crippen LogP contribution in [0.5, 0.6) is 0 Å². The quantitative estimate of drug-likeness (QED) is 0.214. The number of rotatable bonds is 0. The van der Waals surface area contributed by atoms with Crippen molar-refractivity contribution in [1.29, 1.82) is 0 Å². The van der Waals surface area contributed by atoms with Crippen LogP contribution in [0.2, 0.25) is 0 Å². The van der Waals surface area contributed by atoms with Gasteiger partial charge in [-0.15, -0.1) is 11.3 Å². The highest BCUT2D eigenvalue weighted by atomic mass is 32.1. The number of aromatic nitrogens is 1. The summed E-state index contributed by atoms with van der Waals surface area (Å²) in [5, 5.41) is 5.38. The normalized spacial score (nSPS) is 14.3. The topological polar surface area (TPSA) is 12.9 Å². The fourth-order valence-electron chi connectivity index (χ4n) is 7.13. The summed E-state index contributed by atoms with van der Waals surface area (Å²) in [5.41, 5.74) is 10.6. The van der Waals surface area contributed by atoms with Crippen LogP contribution in [0.1, 0.15) is 22.3 Å². The minimum atomic E-state index is -0.336. The summed E-state index contributed by atoms with van der Waals surface area (Å²) in [6.45, 7) is 0. The summed E-state index contributed by atoms with van der Waals surface area (Å²) in [6.07, 6.45) is 3.93. The molecule has 0 amide bonds. The Kier molecular flexibility index (Phi) is 3.42. The minimum absolute atomic E-state index is 0.336. The van der Waals surface area contributed by atoms with E-state index in [0.717, 1.165) is 0 Å². The van der Waals surface area contributed by atoms with Crippen LogP contribution < -0.4 is 0 Å². The zero-order chi connectivity index (χ0) is 23.4. The Bertz CT molecular complexity index is 2020. The molecule has 0 N–H and O–H groups in total. The van der Waals surface area contributed by atoms with Crippen LogP contribution in [0, 0.1) is 0 Å². The number of hydrogen-bond acceptors (Lipinski definition) is 2. The molecule has 166 valence electrons. The molecule has 9 rings (SSSR count). The number of benzene rings is 5. The van der Waals surface area contributed by atoms with E-state index in [1.807, 2.05) is 23.7 Å². The summed E-state index contributed by atoms with van der Waals surface area (Å²) in [4.78, 5) is 4.41. The van der Waals surface area contributed by atoms with Crippen molar-refractivity contribution in [3.05, 3.63) is 138 Å². The first-order chi connectivity index (χ1) is 17.9. The van der Waals surface area contributed by atoms with E-state index in [-0.39, 0.29) is 5.41 Å². The Morgan fingerprint density at radius 3 is 1.81 bits per heavy atom. The van der Waals surface area contributed by atoms with Crippen LogP contribution in [0.4, 0.5) is 0 Å². The zero-order valence-electron chi connectivity index (χ0n) is 19.3. The van der Waals surface area contributed by atoms with Crippen molar-refractivity contribution in [3.8, 4) is 22.3 Å². The maximum absolute atomic E-state index is 4.41. The second kappa shape index (κ2) is 6.48. The average Bonchev–Trinajstić information content (AvgIpc) is 3.46. The summed E-state index contributed by atoms with van der Waals surface area (Å²) in [6, 6.07) is 38.7. The van der Waals surface area contributed by atoms with Crippen LogP contribution in [-0.2, 0) is 5.41 Å². The molecule has 0 fully saturated rings. The van der Waals surface area contributed by atoms with Crippen molar-refractivity contribution in [2.45, 2.75) is 5.41 Å². The van der Waals surface area contributed by atoms with Crippen LogP contribution in [0.3, 0.4) is 0 Å². The molecule has 2 heteroatoms. The van der Waals surface area contributed by atoms with Gasteiger partial charge < -0.3 is 0 Å². The van der Waals surface area contributed by atoms with E-state index in [1.54, 1.807) is 0 Å². The molecular formula is C34H19NS. The maximum atomic E-state index is 4.41. The third-order valence-corrected chi connectivity index (χ3v) is 9.46. The van der Waals surface area contributed by atoms with Crippen molar-refractivity contribution >= 4 is 42.3 Å². The van der Waals surface area contributed by atoms with Gasteiger partial charge in [0.25, 0.3) is 0 Å². The summed E-state index contributed by atoms with van der Waals surface area (Å²) in [7, 11) is 0. The average molecular weight is 474 g/mol. The van der Waals surface area contributed by atoms with Crippen molar-refractivity contribution in [2.75, 3.05) is 0 Å². The summed E-state index contributed by atoms with van der Waals surface area (Å²) >= 11 is 1.85.